The van der Waals surface area contributed by atoms with Gasteiger partial charge in [-0.3, -0.25) is 0 Å². The molecule has 72 valence electrons. The van der Waals surface area contributed by atoms with Crippen molar-refractivity contribution in [2.24, 2.45) is 0 Å². The number of aromatic nitrogens is 2. The molecule has 2 heteroatoms. The molecule has 0 atom stereocenters. The number of allylic oxidation sites excluding steroid dienone is 3. The highest BCUT2D eigenvalue weighted by Gasteiger charge is 1.95. The van der Waals surface area contributed by atoms with Crippen LogP contribution in [0.15, 0.2) is 31.0 Å². The third kappa shape index (κ3) is 3.28. The van der Waals surface area contributed by atoms with Crippen LogP contribution in [0.25, 0.3) is 5.70 Å². The van der Waals surface area contributed by atoms with Crippen molar-refractivity contribution in [1.82, 2.24) is 9.78 Å². The summed E-state index contributed by atoms with van der Waals surface area (Å²) in [5, 5.41) is 4.13. The van der Waals surface area contributed by atoms with Crippen LogP contribution < -0.4 is 0 Å². The Morgan fingerprint density at radius 2 is 2.15 bits per heavy atom. The molecule has 2 nitrogen and oxygen atoms in total. The lowest BCUT2D eigenvalue weighted by Crippen LogP contribution is -1.97. The van der Waals surface area contributed by atoms with Crippen LogP contribution in [0, 0.1) is 6.92 Å². The average molecular weight is 178 g/mol. The quantitative estimate of drug-likeness (QED) is 0.635. The van der Waals surface area contributed by atoms with Gasteiger partial charge in [0.2, 0.25) is 0 Å². The van der Waals surface area contributed by atoms with Gasteiger partial charge >= 0.3 is 0 Å². The maximum absolute atomic E-state index is 4.13. The van der Waals surface area contributed by atoms with E-state index in [1.807, 2.05) is 44.5 Å². The zero-order chi connectivity index (χ0) is 10.3. The fourth-order valence-electron chi connectivity index (χ4n) is 0.980. The van der Waals surface area contributed by atoms with Crippen LogP contribution in [0.4, 0.5) is 0 Å². The minimum atomic E-state index is 1.09. The third-order valence-corrected chi connectivity index (χ3v) is 1.53. The Morgan fingerprint density at radius 3 is 2.54 bits per heavy atom. The first-order valence-corrected chi connectivity index (χ1v) is 4.56. The van der Waals surface area contributed by atoms with Crippen LogP contribution in [0.5, 0.6) is 0 Å². The molecule has 0 aromatic carbocycles. The number of hydrogen-bond donors (Lipinski definition) is 0. The molecule has 0 bridgehead atoms. The van der Waals surface area contributed by atoms with E-state index in [1.165, 1.54) is 0 Å². The molecule has 1 aromatic rings. The molecule has 1 rings (SSSR count). The molecule has 13 heavy (non-hydrogen) atoms. The second-order valence-corrected chi connectivity index (χ2v) is 2.43. The molecule has 0 amide bonds. The third-order valence-electron chi connectivity index (χ3n) is 1.53. The van der Waals surface area contributed by atoms with E-state index in [0.717, 1.165) is 11.4 Å². The fraction of sp³-hybridized carbons (Fsp3) is 0.364. The van der Waals surface area contributed by atoms with Crippen molar-refractivity contribution in [2.75, 3.05) is 0 Å². The first-order chi connectivity index (χ1) is 6.25. The Morgan fingerprint density at radius 1 is 1.54 bits per heavy atom. The van der Waals surface area contributed by atoms with E-state index >= 15 is 0 Å². The molecule has 0 fully saturated rings. The molecule has 0 aliphatic carbocycles. The highest BCUT2D eigenvalue weighted by atomic mass is 15.3. The largest absolute Gasteiger partial charge is 0.243 e. The first kappa shape index (κ1) is 11.7. The van der Waals surface area contributed by atoms with Gasteiger partial charge in [-0.15, -0.1) is 0 Å². The molecule has 0 saturated heterocycles. The van der Waals surface area contributed by atoms with Crippen molar-refractivity contribution in [2.45, 2.75) is 27.7 Å². The van der Waals surface area contributed by atoms with E-state index in [4.69, 9.17) is 0 Å². The SMILES string of the molecule is C=C/C=C(/C)n1nccc1C.CC. The van der Waals surface area contributed by atoms with Crippen LogP contribution in [0.1, 0.15) is 26.5 Å². The summed E-state index contributed by atoms with van der Waals surface area (Å²) in [6.45, 7) is 11.6. The molecule has 0 spiro atoms. The predicted molar refractivity (Wildman–Crippen MR) is 58.5 cm³/mol. The van der Waals surface area contributed by atoms with Gasteiger partial charge in [-0.05, 0) is 26.0 Å². The average Bonchev–Trinajstić information content (AvgIpc) is 2.55. The van der Waals surface area contributed by atoms with Crippen molar-refractivity contribution in [3.63, 3.8) is 0 Å². The van der Waals surface area contributed by atoms with Gasteiger partial charge in [-0.1, -0.05) is 26.5 Å². The zero-order valence-corrected chi connectivity index (χ0v) is 8.91. The van der Waals surface area contributed by atoms with Gasteiger partial charge in [0.25, 0.3) is 0 Å². The Hall–Kier alpha value is -1.31. The van der Waals surface area contributed by atoms with Crippen LogP contribution in [-0.2, 0) is 0 Å². The van der Waals surface area contributed by atoms with E-state index in [0.29, 0.717) is 0 Å². The van der Waals surface area contributed by atoms with E-state index in [-0.39, 0.29) is 0 Å². The van der Waals surface area contributed by atoms with Gasteiger partial charge in [0, 0.05) is 17.6 Å². The van der Waals surface area contributed by atoms with Crippen LogP contribution in [0.3, 0.4) is 0 Å². The first-order valence-electron chi connectivity index (χ1n) is 4.56. The highest BCUT2D eigenvalue weighted by molar-refractivity contribution is 5.44. The Labute approximate surface area is 80.6 Å². The fourth-order valence-corrected chi connectivity index (χ4v) is 0.980. The monoisotopic (exact) mass is 178 g/mol. The second-order valence-electron chi connectivity index (χ2n) is 2.43. The molecule has 0 saturated carbocycles. The molecule has 0 radical (unpaired) electrons. The number of nitrogens with zero attached hydrogens (tertiary/aromatic N) is 2. The van der Waals surface area contributed by atoms with Gasteiger partial charge in [0.1, 0.15) is 0 Å². The predicted octanol–water partition coefficient (Wildman–Crippen LogP) is 3.26. The summed E-state index contributed by atoms with van der Waals surface area (Å²) in [6, 6.07) is 1.97. The molecule has 0 aliphatic heterocycles. The number of aryl methyl sites for hydroxylation is 1. The molecule has 1 aromatic heterocycles. The Balaban J connectivity index is 0.000000671. The zero-order valence-electron chi connectivity index (χ0n) is 8.91. The lowest BCUT2D eigenvalue weighted by Gasteiger charge is -2.01. The molecule has 0 aliphatic rings. The van der Waals surface area contributed by atoms with Crippen molar-refractivity contribution >= 4 is 5.70 Å². The summed E-state index contributed by atoms with van der Waals surface area (Å²) in [5.74, 6) is 0. The number of rotatable bonds is 2. The smallest absolute Gasteiger partial charge is 0.0496 e. The van der Waals surface area contributed by atoms with Gasteiger partial charge in [0.05, 0.1) is 0 Å². The van der Waals surface area contributed by atoms with Gasteiger partial charge < -0.3 is 0 Å². The topological polar surface area (TPSA) is 17.8 Å². The lowest BCUT2D eigenvalue weighted by molar-refractivity contribution is 0.861. The molecule has 0 unspecified atom stereocenters. The Bertz CT molecular complexity index is 282. The summed E-state index contributed by atoms with van der Waals surface area (Å²) in [5.41, 5.74) is 2.23. The van der Waals surface area contributed by atoms with E-state index in [2.05, 4.69) is 11.7 Å². The lowest BCUT2D eigenvalue weighted by atomic mass is 10.4. The van der Waals surface area contributed by atoms with Crippen LogP contribution >= 0.6 is 0 Å². The summed E-state index contributed by atoms with van der Waals surface area (Å²) >= 11 is 0. The highest BCUT2D eigenvalue weighted by Crippen LogP contribution is 2.05. The van der Waals surface area contributed by atoms with Gasteiger partial charge in [0.15, 0.2) is 0 Å². The standard InChI is InChI=1S/C9H12N2.C2H6/c1-4-5-8(2)11-9(3)6-7-10-11;1-2/h4-7H,1H2,2-3H3;1-2H3/b8-5-;. The molecular weight excluding hydrogens is 160 g/mol. The van der Waals surface area contributed by atoms with E-state index in [1.54, 1.807) is 12.3 Å². The van der Waals surface area contributed by atoms with Gasteiger partial charge in [-0.2, -0.15) is 5.10 Å². The summed E-state index contributed by atoms with van der Waals surface area (Å²) in [4.78, 5) is 0. The molecule has 0 N–H and O–H groups in total. The summed E-state index contributed by atoms with van der Waals surface area (Å²) in [7, 11) is 0. The minimum absolute atomic E-state index is 1.09. The molecule has 1 heterocycles. The normalized spacial score (nSPS) is 10.3. The maximum Gasteiger partial charge on any atom is 0.0496 e. The number of hydrogen-bond acceptors (Lipinski definition) is 1. The van der Waals surface area contributed by atoms with E-state index < -0.39 is 0 Å². The molecular formula is C11H18N2. The summed E-state index contributed by atoms with van der Waals surface area (Å²) in [6.07, 6.45) is 5.48. The van der Waals surface area contributed by atoms with Crippen LogP contribution in [0.2, 0.25) is 0 Å². The van der Waals surface area contributed by atoms with Gasteiger partial charge in [-0.25, -0.2) is 4.68 Å². The minimum Gasteiger partial charge on any atom is -0.243 e. The van der Waals surface area contributed by atoms with Crippen LogP contribution in [-0.4, -0.2) is 9.78 Å². The van der Waals surface area contributed by atoms with E-state index in [9.17, 15) is 0 Å². The Kier molecular flexibility index (Phi) is 5.60. The van der Waals surface area contributed by atoms with Crippen molar-refractivity contribution in [3.05, 3.63) is 36.7 Å². The van der Waals surface area contributed by atoms with Crippen molar-refractivity contribution < 1.29 is 0 Å². The summed E-state index contributed by atoms with van der Waals surface area (Å²) < 4.78 is 1.88. The van der Waals surface area contributed by atoms with Crippen molar-refractivity contribution in [1.29, 1.82) is 0 Å². The van der Waals surface area contributed by atoms with Crippen molar-refractivity contribution in [3.8, 4) is 0 Å². The second kappa shape index (κ2) is 6.23. The maximum atomic E-state index is 4.13.